The van der Waals surface area contributed by atoms with Gasteiger partial charge in [0.1, 0.15) is 17.6 Å². The maximum atomic E-state index is 6.15. The first-order valence-electron chi connectivity index (χ1n) is 7.26. The number of halogens is 1. The summed E-state index contributed by atoms with van der Waals surface area (Å²) >= 11 is 6.15. The number of hydrogen-bond acceptors (Lipinski definition) is 3. The van der Waals surface area contributed by atoms with Gasteiger partial charge in [-0.05, 0) is 37.5 Å². The molecule has 106 valence electrons. The molecule has 1 fully saturated rings. The second-order valence-corrected chi connectivity index (χ2v) is 6.21. The molecule has 0 amide bonds. The van der Waals surface area contributed by atoms with Gasteiger partial charge in [-0.2, -0.15) is 0 Å². The molecule has 0 spiro atoms. The fourth-order valence-electron chi connectivity index (χ4n) is 3.06. The standard InChI is InChI=1S/C15H23ClN2O/c1-4-5-13-14(16)17-9-18-15(13)19-12-7-10(2)6-11(3)8-12/h9-12H,4-8H2,1-3H3. The summed E-state index contributed by atoms with van der Waals surface area (Å²) in [4.78, 5) is 8.34. The molecule has 3 nitrogen and oxygen atoms in total. The molecule has 0 aliphatic heterocycles. The molecule has 2 atom stereocenters. The average Bonchev–Trinajstić information content (AvgIpc) is 2.32. The van der Waals surface area contributed by atoms with E-state index in [1.807, 2.05) is 0 Å². The highest BCUT2D eigenvalue weighted by atomic mass is 35.5. The minimum Gasteiger partial charge on any atom is -0.474 e. The monoisotopic (exact) mass is 282 g/mol. The summed E-state index contributed by atoms with van der Waals surface area (Å²) in [6.45, 7) is 6.72. The largest absolute Gasteiger partial charge is 0.474 e. The van der Waals surface area contributed by atoms with E-state index in [-0.39, 0.29) is 6.10 Å². The molecule has 0 radical (unpaired) electrons. The van der Waals surface area contributed by atoms with Crippen LogP contribution >= 0.6 is 11.6 Å². The first-order valence-corrected chi connectivity index (χ1v) is 7.64. The van der Waals surface area contributed by atoms with Gasteiger partial charge in [-0.3, -0.25) is 0 Å². The minimum atomic E-state index is 0.264. The molecule has 0 aromatic carbocycles. The number of aromatic nitrogens is 2. The van der Waals surface area contributed by atoms with Crippen LogP contribution < -0.4 is 4.74 Å². The van der Waals surface area contributed by atoms with Crippen LogP contribution in [0.3, 0.4) is 0 Å². The molecule has 4 heteroatoms. The van der Waals surface area contributed by atoms with Gasteiger partial charge >= 0.3 is 0 Å². The zero-order valence-corrected chi connectivity index (χ0v) is 12.8. The van der Waals surface area contributed by atoms with E-state index in [0.29, 0.717) is 11.0 Å². The van der Waals surface area contributed by atoms with Crippen LogP contribution in [0.4, 0.5) is 0 Å². The summed E-state index contributed by atoms with van der Waals surface area (Å²) in [5.41, 5.74) is 0.956. The van der Waals surface area contributed by atoms with Crippen LogP contribution in [0.25, 0.3) is 0 Å². The molecule has 2 unspecified atom stereocenters. The van der Waals surface area contributed by atoms with Crippen molar-refractivity contribution in [3.8, 4) is 5.88 Å². The van der Waals surface area contributed by atoms with Crippen molar-refractivity contribution in [2.75, 3.05) is 0 Å². The highest BCUT2D eigenvalue weighted by Crippen LogP contribution is 2.32. The molecule has 1 aromatic rings. The van der Waals surface area contributed by atoms with Crippen molar-refractivity contribution in [2.24, 2.45) is 11.8 Å². The Morgan fingerprint density at radius 2 is 1.89 bits per heavy atom. The van der Waals surface area contributed by atoms with E-state index in [1.54, 1.807) is 0 Å². The number of nitrogens with zero attached hydrogens (tertiary/aromatic N) is 2. The third-order valence-electron chi connectivity index (χ3n) is 3.77. The van der Waals surface area contributed by atoms with Crippen LogP contribution in [0.15, 0.2) is 6.33 Å². The maximum absolute atomic E-state index is 6.15. The molecule has 1 aromatic heterocycles. The van der Waals surface area contributed by atoms with Crippen molar-refractivity contribution < 1.29 is 4.74 Å². The van der Waals surface area contributed by atoms with Crippen molar-refractivity contribution in [2.45, 2.75) is 59.0 Å². The zero-order chi connectivity index (χ0) is 13.8. The predicted molar refractivity (Wildman–Crippen MR) is 77.6 cm³/mol. The Labute approximate surface area is 120 Å². The fraction of sp³-hybridized carbons (Fsp3) is 0.733. The molecule has 1 saturated carbocycles. The summed E-state index contributed by atoms with van der Waals surface area (Å²) in [6, 6.07) is 0. The van der Waals surface area contributed by atoms with E-state index < -0.39 is 0 Å². The van der Waals surface area contributed by atoms with Crippen LogP contribution in [-0.2, 0) is 6.42 Å². The molecule has 1 heterocycles. The Kier molecular flexibility index (Phi) is 5.03. The smallest absolute Gasteiger partial charge is 0.221 e. The van der Waals surface area contributed by atoms with E-state index in [1.165, 1.54) is 12.7 Å². The van der Waals surface area contributed by atoms with Crippen LogP contribution in [0.5, 0.6) is 5.88 Å². The van der Waals surface area contributed by atoms with E-state index in [4.69, 9.17) is 16.3 Å². The van der Waals surface area contributed by atoms with E-state index >= 15 is 0 Å². The van der Waals surface area contributed by atoms with Crippen LogP contribution in [0, 0.1) is 11.8 Å². The molecule has 0 saturated heterocycles. The third-order valence-corrected chi connectivity index (χ3v) is 4.09. The molecular weight excluding hydrogens is 260 g/mol. The lowest BCUT2D eigenvalue weighted by Gasteiger charge is -2.31. The SMILES string of the molecule is CCCc1c(Cl)ncnc1OC1CC(C)CC(C)C1. The lowest BCUT2D eigenvalue weighted by Crippen LogP contribution is -2.29. The average molecular weight is 283 g/mol. The van der Waals surface area contributed by atoms with Gasteiger partial charge in [-0.1, -0.05) is 38.8 Å². The van der Waals surface area contributed by atoms with Crippen LogP contribution in [-0.4, -0.2) is 16.1 Å². The van der Waals surface area contributed by atoms with Gasteiger partial charge in [-0.25, -0.2) is 9.97 Å². The van der Waals surface area contributed by atoms with Gasteiger partial charge in [0.25, 0.3) is 0 Å². The molecule has 1 aliphatic rings. The Hall–Kier alpha value is -0.830. The summed E-state index contributed by atoms with van der Waals surface area (Å²) in [6.07, 6.45) is 7.15. The van der Waals surface area contributed by atoms with Crippen molar-refractivity contribution in [3.63, 3.8) is 0 Å². The van der Waals surface area contributed by atoms with Gasteiger partial charge in [0.05, 0.1) is 5.56 Å². The highest BCUT2D eigenvalue weighted by Gasteiger charge is 2.26. The molecule has 0 bridgehead atoms. The van der Waals surface area contributed by atoms with Gasteiger partial charge in [0, 0.05) is 0 Å². The molecular formula is C15H23ClN2O. The topological polar surface area (TPSA) is 35.0 Å². The Morgan fingerprint density at radius 1 is 1.21 bits per heavy atom. The van der Waals surface area contributed by atoms with Crippen molar-refractivity contribution in [1.82, 2.24) is 9.97 Å². The molecule has 19 heavy (non-hydrogen) atoms. The quantitative estimate of drug-likeness (QED) is 0.773. The van der Waals surface area contributed by atoms with E-state index in [9.17, 15) is 0 Å². The zero-order valence-electron chi connectivity index (χ0n) is 12.0. The van der Waals surface area contributed by atoms with Gasteiger partial charge in [-0.15, -0.1) is 0 Å². The second-order valence-electron chi connectivity index (χ2n) is 5.86. The van der Waals surface area contributed by atoms with Gasteiger partial charge in [0.2, 0.25) is 5.88 Å². The fourth-order valence-corrected chi connectivity index (χ4v) is 3.28. The van der Waals surface area contributed by atoms with Crippen molar-refractivity contribution >= 4 is 11.6 Å². The normalized spacial score (nSPS) is 27.3. The summed E-state index contributed by atoms with van der Waals surface area (Å²) in [5.74, 6) is 2.13. The summed E-state index contributed by atoms with van der Waals surface area (Å²) in [7, 11) is 0. The summed E-state index contributed by atoms with van der Waals surface area (Å²) < 4.78 is 6.13. The Morgan fingerprint density at radius 3 is 2.53 bits per heavy atom. The summed E-state index contributed by atoms with van der Waals surface area (Å²) in [5, 5.41) is 0.531. The maximum Gasteiger partial charge on any atom is 0.221 e. The van der Waals surface area contributed by atoms with Gasteiger partial charge in [0.15, 0.2) is 0 Å². The molecule has 0 N–H and O–H groups in total. The first kappa shape index (κ1) is 14.6. The number of hydrogen-bond donors (Lipinski definition) is 0. The lowest BCUT2D eigenvalue weighted by atomic mass is 9.82. The Bertz CT molecular complexity index is 415. The number of rotatable bonds is 4. The highest BCUT2D eigenvalue weighted by molar-refractivity contribution is 6.30. The molecule has 1 aliphatic carbocycles. The van der Waals surface area contributed by atoms with E-state index in [0.717, 1.165) is 43.1 Å². The predicted octanol–water partition coefficient (Wildman–Crippen LogP) is 4.29. The molecule has 2 rings (SSSR count). The van der Waals surface area contributed by atoms with Crippen molar-refractivity contribution in [1.29, 1.82) is 0 Å². The first-order chi connectivity index (χ1) is 9.10. The lowest BCUT2D eigenvalue weighted by molar-refractivity contribution is 0.0955. The van der Waals surface area contributed by atoms with Crippen LogP contribution in [0.2, 0.25) is 5.15 Å². The number of ether oxygens (including phenoxy) is 1. The minimum absolute atomic E-state index is 0.264. The van der Waals surface area contributed by atoms with Gasteiger partial charge < -0.3 is 4.74 Å². The van der Waals surface area contributed by atoms with Crippen molar-refractivity contribution in [3.05, 3.63) is 17.0 Å². The Balaban J connectivity index is 2.12. The van der Waals surface area contributed by atoms with E-state index in [2.05, 4.69) is 30.7 Å². The van der Waals surface area contributed by atoms with Crippen LogP contribution in [0.1, 0.15) is 52.0 Å². The third kappa shape index (κ3) is 3.82. The second kappa shape index (κ2) is 6.56.